The maximum atomic E-state index is 12.4. The molecule has 0 aliphatic rings. The summed E-state index contributed by atoms with van der Waals surface area (Å²) in [5.41, 5.74) is 1.67. The minimum absolute atomic E-state index is 0.123. The van der Waals surface area contributed by atoms with Crippen molar-refractivity contribution in [1.29, 1.82) is 0 Å². The molecule has 0 spiro atoms. The van der Waals surface area contributed by atoms with Crippen LogP contribution in [0.4, 0.5) is 0 Å². The second-order valence-corrected chi connectivity index (χ2v) is 8.32. The average Bonchev–Trinajstić information content (AvgIpc) is 2.75. The fourth-order valence-electron chi connectivity index (χ4n) is 3.21. The lowest BCUT2D eigenvalue weighted by molar-refractivity contribution is 0.431. The summed E-state index contributed by atoms with van der Waals surface area (Å²) in [5, 5.41) is 10.9. The summed E-state index contributed by atoms with van der Waals surface area (Å²) in [6.45, 7) is 6.24. The number of benzene rings is 2. The third-order valence-electron chi connectivity index (χ3n) is 4.96. The Kier molecular flexibility index (Phi) is 7.84. The molecule has 0 aliphatic heterocycles. The van der Waals surface area contributed by atoms with Crippen molar-refractivity contribution in [3.63, 3.8) is 0 Å². The first-order valence-electron chi connectivity index (χ1n) is 10.6. The van der Waals surface area contributed by atoms with Crippen LogP contribution < -0.4 is 10.3 Å². The summed E-state index contributed by atoms with van der Waals surface area (Å²) in [7, 11) is 0. The summed E-state index contributed by atoms with van der Waals surface area (Å²) in [4.78, 5) is 15.1. The van der Waals surface area contributed by atoms with E-state index in [9.17, 15) is 9.90 Å². The van der Waals surface area contributed by atoms with Crippen LogP contribution in [0.1, 0.15) is 39.2 Å². The molecule has 2 N–H and O–H groups in total. The number of rotatable bonds is 8. The van der Waals surface area contributed by atoms with Crippen LogP contribution in [-0.2, 0) is 0 Å². The summed E-state index contributed by atoms with van der Waals surface area (Å²) in [6.07, 6.45) is 7.73. The first-order valence-corrected chi connectivity index (χ1v) is 11.0. The van der Waals surface area contributed by atoms with Crippen molar-refractivity contribution in [2.24, 2.45) is 5.92 Å². The van der Waals surface area contributed by atoms with Gasteiger partial charge in [0, 0.05) is 0 Å². The zero-order valence-electron chi connectivity index (χ0n) is 18.5. The van der Waals surface area contributed by atoms with Crippen LogP contribution in [0, 0.1) is 10.7 Å². The van der Waals surface area contributed by atoms with E-state index in [0.717, 1.165) is 18.6 Å². The molecule has 0 amide bonds. The second-order valence-electron chi connectivity index (χ2n) is 7.94. The fourth-order valence-corrected chi connectivity index (χ4v) is 3.49. The van der Waals surface area contributed by atoms with Gasteiger partial charge in [-0.05, 0) is 87.3 Å². The predicted molar refractivity (Wildman–Crippen MR) is 132 cm³/mol. The number of nitrogens with one attached hydrogen (secondary N) is 1. The van der Waals surface area contributed by atoms with Gasteiger partial charge in [-0.1, -0.05) is 42.8 Å². The van der Waals surface area contributed by atoms with Gasteiger partial charge >= 0.3 is 0 Å². The Hall–Kier alpha value is -3.38. The van der Waals surface area contributed by atoms with E-state index in [1.165, 1.54) is 10.1 Å². The van der Waals surface area contributed by atoms with Gasteiger partial charge in [-0.15, -0.1) is 0 Å². The fraction of sp³-hybridized carbons (Fsp3) is 0.231. The number of aromatic nitrogens is 2. The highest BCUT2D eigenvalue weighted by molar-refractivity contribution is 7.71. The SMILES string of the molecule is CC(C)=CCCC(C)C=Cc1c(O)n(-c2ccc(Oc3ccccc3)cc2)c(=S)[nH]c1=O. The number of hydrogen-bond donors (Lipinski definition) is 2. The normalized spacial score (nSPS) is 12.0. The van der Waals surface area contributed by atoms with Crippen LogP contribution in [-0.4, -0.2) is 14.7 Å². The molecule has 166 valence electrons. The van der Waals surface area contributed by atoms with Crippen molar-refractivity contribution in [1.82, 2.24) is 9.55 Å². The van der Waals surface area contributed by atoms with Gasteiger partial charge in [0.2, 0.25) is 5.88 Å². The summed E-state index contributed by atoms with van der Waals surface area (Å²) in [5.74, 6) is 1.45. The Labute approximate surface area is 193 Å². The minimum atomic E-state index is -0.416. The van der Waals surface area contributed by atoms with Gasteiger partial charge in [-0.3, -0.25) is 14.3 Å². The molecule has 5 nitrogen and oxygen atoms in total. The van der Waals surface area contributed by atoms with Gasteiger partial charge in [0.15, 0.2) is 4.77 Å². The molecular formula is C26H28N2O3S. The standard InChI is InChI=1S/C26H28N2O3S/c1-18(2)8-7-9-19(3)12-17-23-24(29)27-26(32)28(25(23)30)20-13-15-22(16-14-20)31-21-10-5-4-6-11-21/h4-6,8,10-17,19,30H,7,9H2,1-3H3,(H,27,29,32). The molecule has 3 rings (SSSR count). The maximum Gasteiger partial charge on any atom is 0.262 e. The third-order valence-corrected chi connectivity index (χ3v) is 5.25. The quantitative estimate of drug-likeness (QED) is 0.294. The number of aromatic amines is 1. The van der Waals surface area contributed by atoms with Crippen molar-refractivity contribution in [3.05, 3.63) is 93.0 Å². The number of ether oxygens (including phenoxy) is 1. The van der Waals surface area contributed by atoms with Crippen LogP contribution in [0.2, 0.25) is 0 Å². The maximum absolute atomic E-state index is 12.4. The monoisotopic (exact) mass is 448 g/mol. The lowest BCUT2D eigenvalue weighted by Crippen LogP contribution is -2.16. The van der Waals surface area contributed by atoms with E-state index in [0.29, 0.717) is 11.4 Å². The van der Waals surface area contributed by atoms with Crippen LogP contribution in [0.3, 0.4) is 0 Å². The van der Waals surface area contributed by atoms with E-state index in [1.54, 1.807) is 30.3 Å². The number of aromatic hydroxyl groups is 1. The van der Waals surface area contributed by atoms with Crippen molar-refractivity contribution >= 4 is 18.3 Å². The molecule has 0 bridgehead atoms. The first kappa shape index (κ1) is 23.3. The molecule has 0 saturated carbocycles. The van der Waals surface area contributed by atoms with E-state index < -0.39 is 5.56 Å². The van der Waals surface area contributed by atoms with Gasteiger partial charge in [0.05, 0.1) is 11.3 Å². The second kappa shape index (κ2) is 10.8. The molecule has 1 heterocycles. The molecule has 0 radical (unpaired) electrons. The first-order chi connectivity index (χ1) is 15.3. The van der Waals surface area contributed by atoms with E-state index >= 15 is 0 Å². The molecule has 2 aromatic carbocycles. The van der Waals surface area contributed by atoms with Crippen molar-refractivity contribution < 1.29 is 9.84 Å². The Bertz CT molecular complexity index is 1220. The van der Waals surface area contributed by atoms with E-state index in [2.05, 4.69) is 31.8 Å². The zero-order chi connectivity index (χ0) is 23.1. The molecule has 1 atom stereocenters. The third kappa shape index (κ3) is 6.08. The van der Waals surface area contributed by atoms with Crippen molar-refractivity contribution in [2.75, 3.05) is 0 Å². The van der Waals surface area contributed by atoms with Crippen molar-refractivity contribution in [3.8, 4) is 23.1 Å². The predicted octanol–water partition coefficient (Wildman–Crippen LogP) is 6.79. The molecule has 6 heteroatoms. The van der Waals surface area contributed by atoms with Crippen LogP contribution >= 0.6 is 12.2 Å². The molecule has 1 unspecified atom stereocenters. The van der Waals surface area contributed by atoms with Crippen LogP contribution in [0.15, 0.2) is 77.1 Å². The summed E-state index contributed by atoms with van der Waals surface area (Å²) in [6, 6.07) is 16.6. The van der Waals surface area contributed by atoms with Gasteiger partial charge in [-0.25, -0.2) is 0 Å². The lowest BCUT2D eigenvalue weighted by atomic mass is 10.0. The molecule has 32 heavy (non-hydrogen) atoms. The Balaban J connectivity index is 1.84. The highest BCUT2D eigenvalue weighted by Gasteiger charge is 2.12. The highest BCUT2D eigenvalue weighted by Crippen LogP contribution is 2.25. The van der Waals surface area contributed by atoms with Crippen LogP contribution in [0.25, 0.3) is 11.8 Å². The molecule has 0 fully saturated rings. The molecule has 0 saturated heterocycles. The smallest absolute Gasteiger partial charge is 0.262 e. The summed E-state index contributed by atoms with van der Waals surface area (Å²) >= 11 is 5.31. The van der Waals surface area contributed by atoms with Crippen LogP contribution in [0.5, 0.6) is 17.4 Å². The highest BCUT2D eigenvalue weighted by atomic mass is 32.1. The topological polar surface area (TPSA) is 67.2 Å². The number of allylic oxidation sites excluding steroid dienone is 3. The number of H-pyrrole nitrogens is 1. The van der Waals surface area contributed by atoms with Gasteiger partial charge in [-0.2, -0.15) is 0 Å². The number of hydrogen-bond acceptors (Lipinski definition) is 4. The molecule has 1 aromatic heterocycles. The number of para-hydroxylation sites is 1. The van der Waals surface area contributed by atoms with Gasteiger partial charge in [0.25, 0.3) is 5.56 Å². The van der Waals surface area contributed by atoms with Gasteiger partial charge < -0.3 is 9.84 Å². The Morgan fingerprint density at radius 3 is 2.44 bits per heavy atom. The van der Waals surface area contributed by atoms with Gasteiger partial charge in [0.1, 0.15) is 11.5 Å². The molecular weight excluding hydrogens is 420 g/mol. The minimum Gasteiger partial charge on any atom is -0.494 e. The van der Waals surface area contributed by atoms with E-state index in [-0.39, 0.29) is 22.1 Å². The average molecular weight is 449 g/mol. The Morgan fingerprint density at radius 1 is 1.12 bits per heavy atom. The van der Waals surface area contributed by atoms with Crippen molar-refractivity contribution in [2.45, 2.75) is 33.6 Å². The van der Waals surface area contributed by atoms with E-state index in [1.807, 2.05) is 36.4 Å². The molecule has 3 aromatic rings. The lowest BCUT2D eigenvalue weighted by Gasteiger charge is -2.13. The largest absolute Gasteiger partial charge is 0.494 e. The number of nitrogens with zero attached hydrogens (tertiary/aromatic N) is 1. The summed E-state index contributed by atoms with van der Waals surface area (Å²) < 4.78 is 7.38. The molecule has 0 aliphatic carbocycles. The van der Waals surface area contributed by atoms with E-state index in [4.69, 9.17) is 17.0 Å². The Morgan fingerprint density at radius 2 is 1.78 bits per heavy atom. The zero-order valence-corrected chi connectivity index (χ0v) is 19.4.